The predicted molar refractivity (Wildman–Crippen MR) is 43.7 cm³/mol. The molecular weight excluding hydrogens is 162 g/mol. The first-order valence-electron chi connectivity index (χ1n) is 3.13. The van der Waals surface area contributed by atoms with Crippen LogP contribution in [0.1, 0.15) is 10.4 Å². The molecule has 0 heterocycles. The lowest BCUT2D eigenvalue weighted by Crippen LogP contribution is -2.17. The minimum absolute atomic E-state index is 0.151. The molecule has 0 aliphatic carbocycles. The summed E-state index contributed by atoms with van der Waals surface area (Å²) in [7, 11) is 1.57. The Morgan fingerprint density at radius 3 is 2.82 bits per heavy atom. The zero-order valence-electron chi connectivity index (χ0n) is 6.02. The molecule has 0 unspecified atom stereocenters. The van der Waals surface area contributed by atoms with Gasteiger partial charge in [-0.3, -0.25) is 4.79 Å². The van der Waals surface area contributed by atoms with Gasteiger partial charge in [-0.2, -0.15) is 0 Å². The molecule has 0 aliphatic heterocycles. The number of amides is 1. The van der Waals surface area contributed by atoms with Gasteiger partial charge in [-0.05, 0) is 24.3 Å². The molecule has 57 valence electrons. The highest BCUT2D eigenvalue weighted by atomic mass is 35.5. The number of rotatable bonds is 1. The highest BCUT2D eigenvalue weighted by Gasteiger charge is 2.00. The van der Waals surface area contributed by atoms with Crippen LogP contribution in [0.15, 0.2) is 18.2 Å². The van der Waals surface area contributed by atoms with Gasteiger partial charge in [0.25, 0.3) is 5.91 Å². The van der Waals surface area contributed by atoms with Crippen LogP contribution in [0.4, 0.5) is 0 Å². The maximum absolute atomic E-state index is 10.9. The molecule has 0 saturated heterocycles. The zero-order chi connectivity index (χ0) is 8.27. The van der Waals surface area contributed by atoms with Crippen molar-refractivity contribution in [3.05, 3.63) is 34.9 Å². The van der Waals surface area contributed by atoms with Crippen LogP contribution < -0.4 is 5.32 Å². The summed E-state index contributed by atoms with van der Waals surface area (Å²) in [6.07, 6.45) is 0. The molecule has 0 bridgehead atoms. The smallest absolute Gasteiger partial charge is 0.251 e. The van der Waals surface area contributed by atoms with E-state index in [1.807, 2.05) is 0 Å². The van der Waals surface area contributed by atoms with E-state index in [1.165, 1.54) is 0 Å². The molecule has 1 N–H and O–H groups in total. The molecule has 0 fully saturated rings. The highest BCUT2D eigenvalue weighted by molar-refractivity contribution is 6.30. The molecule has 1 radical (unpaired) electrons. The number of nitrogens with one attached hydrogen (secondary N) is 1. The van der Waals surface area contributed by atoms with Crippen LogP contribution in [-0.4, -0.2) is 13.0 Å². The van der Waals surface area contributed by atoms with Crippen molar-refractivity contribution >= 4 is 17.5 Å². The first-order chi connectivity index (χ1) is 5.24. The van der Waals surface area contributed by atoms with Crippen LogP contribution in [0, 0.1) is 6.07 Å². The summed E-state index contributed by atoms with van der Waals surface area (Å²) < 4.78 is 0. The topological polar surface area (TPSA) is 29.1 Å². The van der Waals surface area contributed by atoms with E-state index in [0.29, 0.717) is 10.6 Å². The quantitative estimate of drug-likeness (QED) is 0.677. The highest BCUT2D eigenvalue weighted by Crippen LogP contribution is 2.08. The van der Waals surface area contributed by atoms with E-state index in [2.05, 4.69) is 11.4 Å². The second-order valence-electron chi connectivity index (χ2n) is 2.00. The first-order valence-corrected chi connectivity index (χ1v) is 3.51. The van der Waals surface area contributed by atoms with Crippen LogP contribution >= 0.6 is 11.6 Å². The van der Waals surface area contributed by atoms with Crippen molar-refractivity contribution in [1.82, 2.24) is 5.32 Å². The summed E-state index contributed by atoms with van der Waals surface area (Å²) in [6.45, 7) is 0. The maximum Gasteiger partial charge on any atom is 0.251 e. The van der Waals surface area contributed by atoms with Gasteiger partial charge in [-0.1, -0.05) is 11.6 Å². The molecule has 0 atom stereocenters. The molecule has 0 aromatic heterocycles. The lowest BCUT2D eigenvalue weighted by molar-refractivity contribution is 0.0963. The molecule has 11 heavy (non-hydrogen) atoms. The van der Waals surface area contributed by atoms with Crippen molar-refractivity contribution in [2.45, 2.75) is 0 Å². The van der Waals surface area contributed by atoms with Crippen molar-refractivity contribution in [3.8, 4) is 0 Å². The summed E-state index contributed by atoms with van der Waals surface area (Å²) in [4.78, 5) is 10.9. The van der Waals surface area contributed by atoms with E-state index in [4.69, 9.17) is 11.6 Å². The molecule has 2 nitrogen and oxygen atoms in total. The summed E-state index contributed by atoms with van der Waals surface area (Å²) in [5.41, 5.74) is 0.497. The van der Waals surface area contributed by atoms with Gasteiger partial charge in [-0.15, -0.1) is 0 Å². The second-order valence-corrected chi connectivity index (χ2v) is 2.44. The van der Waals surface area contributed by atoms with Gasteiger partial charge in [0, 0.05) is 17.6 Å². The molecule has 1 amide bonds. The van der Waals surface area contributed by atoms with E-state index >= 15 is 0 Å². The summed E-state index contributed by atoms with van der Waals surface area (Å²) in [5, 5.41) is 3.07. The van der Waals surface area contributed by atoms with Crippen molar-refractivity contribution in [2.24, 2.45) is 0 Å². The van der Waals surface area contributed by atoms with E-state index in [1.54, 1.807) is 25.2 Å². The lowest BCUT2D eigenvalue weighted by Gasteiger charge is -1.97. The Morgan fingerprint density at radius 1 is 1.64 bits per heavy atom. The molecule has 0 aliphatic rings. The molecule has 1 aromatic carbocycles. The fourth-order valence-electron chi connectivity index (χ4n) is 0.682. The van der Waals surface area contributed by atoms with Gasteiger partial charge in [-0.25, -0.2) is 0 Å². The number of carbonyl (C=O) groups excluding carboxylic acids is 1. The number of hydrogen-bond donors (Lipinski definition) is 1. The number of hydrogen-bond acceptors (Lipinski definition) is 1. The third-order valence-electron chi connectivity index (χ3n) is 1.25. The number of halogens is 1. The molecule has 1 rings (SSSR count). The van der Waals surface area contributed by atoms with E-state index in [-0.39, 0.29) is 5.91 Å². The van der Waals surface area contributed by atoms with E-state index < -0.39 is 0 Å². The van der Waals surface area contributed by atoms with Crippen LogP contribution in [-0.2, 0) is 0 Å². The average Bonchev–Trinajstić information content (AvgIpc) is 2.05. The van der Waals surface area contributed by atoms with Crippen molar-refractivity contribution in [1.29, 1.82) is 0 Å². The summed E-state index contributed by atoms with van der Waals surface area (Å²) in [5.74, 6) is -0.151. The van der Waals surface area contributed by atoms with E-state index in [0.717, 1.165) is 0 Å². The minimum atomic E-state index is -0.151. The van der Waals surface area contributed by atoms with Gasteiger partial charge in [0.15, 0.2) is 0 Å². The molecule has 1 aromatic rings. The Hall–Kier alpha value is -1.02. The van der Waals surface area contributed by atoms with Crippen LogP contribution in [0.25, 0.3) is 0 Å². The Kier molecular flexibility index (Phi) is 2.49. The average molecular weight is 169 g/mol. The van der Waals surface area contributed by atoms with Gasteiger partial charge >= 0.3 is 0 Å². The fraction of sp³-hybridized carbons (Fsp3) is 0.125. The second kappa shape index (κ2) is 3.39. The monoisotopic (exact) mass is 168 g/mol. The Balaban J connectivity index is 2.90. The lowest BCUT2D eigenvalue weighted by atomic mass is 10.2. The zero-order valence-corrected chi connectivity index (χ0v) is 6.77. The third kappa shape index (κ3) is 1.95. The van der Waals surface area contributed by atoms with Crippen LogP contribution in [0.3, 0.4) is 0 Å². The molecule has 3 heteroatoms. The van der Waals surface area contributed by atoms with Crippen molar-refractivity contribution in [3.63, 3.8) is 0 Å². The van der Waals surface area contributed by atoms with Gasteiger partial charge in [0.1, 0.15) is 0 Å². The Morgan fingerprint density at radius 2 is 2.36 bits per heavy atom. The first kappa shape index (κ1) is 8.08. The molecule has 0 spiro atoms. The van der Waals surface area contributed by atoms with Gasteiger partial charge in [0.2, 0.25) is 0 Å². The van der Waals surface area contributed by atoms with Gasteiger partial charge < -0.3 is 5.32 Å². The standard InChI is InChI=1S/C8H7ClNO/c1-10-8(11)6-2-4-7(9)5-3-6/h2,4-5H,1H3,(H,10,11). The summed E-state index contributed by atoms with van der Waals surface area (Å²) in [6, 6.07) is 7.59. The van der Waals surface area contributed by atoms with Crippen LogP contribution in [0.5, 0.6) is 0 Å². The molecular formula is C8H7ClNO. The van der Waals surface area contributed by atoms with E-state index in [9.17, 15) is 4.79 Å². The van der Waals surface area contributed by atoms with Crippen molar-refractivity contribution in [2.75, 3.05) is 7.05 Å². The Bertz CT molecular complexity index is 255. The predicted octanol–water partition coefficient (Wildman–Crippen LogP) is 1.50. The summed E-state index contributed by atoms with van der Waals surface area (Å²) >= 11 is 5.60. The SMILES string of the molecule is CNC(=O)c1[c]cc(Cl)cc1. The third-order valence-corrected chi connectivity index (χ3v) is 1.48. The minimum Gasteiger partial charge on any atom is -0.355 e. The molecule has 0 saturated carbocycles. The number of carbonyl (C=O) groups is 1. The van der Waals surface area contributed by atoms with Gasteiger partial charge in [0.05, 0.1) is 0 Å². The van der Waals surface area contributed by atoms with Crippen molar-refractivity contribution < 1.29 is 4.79 Å². The largest absolute Gasteiger partial charge is 0.355 e. The number of benzene rings is 1. The fourth-order valence-corrected chi connectivity index (χ4v) is 0.799. The van der Waals surface area contributed by atoms with Crippen LogP contribution in [0.2, 0.25) is 5.02 Å². The normalized spacial score (nSPS) is 9.27. The Labute approximate surface area is 70.2 Å². The maximum atomic E-state index is 10.9.